The lowest BCUT2D eigenvalue weighted by molar-refractivity contribution is -0.137. The van der Waals surface area contributed by atoms with E-state index < -0.39 is 23.7 Å². The van der Waals surface area contributed by atoms with Crippen molar-refractivity contribution < 1.29 is 22.7 Å². The molecule has 0 saturated carbocycles. The summed E-state index contributed by atoms with van der Waals surface area (Å²) >= 11 is 0. The third-order valence-corrected chi connectivity index (χ3v) is 5.09. The smallest absolute Gasteiger partial charge is 0.416 e. The second-order valence-electron chi connectivity index (χ2n) is 6.82. The lowest BCUT2D eigenvalue weighted by Gasteiger charge is -2.13. The molecule has 1 unspecified atom stereocenters. The van der Waals surface area contributed by atoms with Gasteiger partial charge >= 0.3 is 6.18 Å². The maximum Gasteiger partial charge on any atom is 0.416 e. The van der Waals surface area contributed by atoms with Crippen molar-refractivity contribution in [2.24, 2.45) is 5.73 Å². The lowest BCUT2D eigenvalue weighted by Crippen LogP contribution is -2.14. The Morgan fingerprint density at radius 2 is 2.00 bits per heavy atom. The number of pyridine rings is 1. The van der Waals surface area contributed by atoms with E-state index in [0.717, 1.165) is 17.5 Å². The first-order chi connectivity index (χ1) is 13.8. The standard InChI is InChI=1S/C20H13F3N4O2/c21-20(22,23)12-2-3-13-16(9-29-17(13)6-12)27-18-11(8-26-27)7-25-15-4-1-10(19(24)28)5-14(15)18/h1-8,16H,9H2,(H2,24,28). The molecular formula is C20H13F3N4O2. The van der Waals surface area contributed by atoms with Crippen LogP contribution in [0.2, 0.25) is 0 Å². The highest BCUT2D eigenvalue weighted by atomic mass is 19.4. The summed E-state index contributed by atoms with van der Waals surface area (Å²) in [5.74, 6) is -0.381. The fourth-order valence-corrected chi connectivity index (χ4v) is 3.69. The number of aromatic nitrogens is 3. The Morgan fingerprint density at radius 3 is 2.76 bits per heavy atom. The molecule has 6 nitrogen and oxygen atoms in total. The van der Waals surface area contributed by atoms with Crippen molar-refractivity contribution in [1.29, 1.82) is 0 Å². The van der Waals surface area contributed by atoms with Crippen LogP contribution in [-0.2, 0) is 6.18 Å². The zero-order valence-corrected chi connectivity index (χ0v) is 14.8. The Hall–Kier alpha value is -3.62. The van der Waals surface area contributed by atoms with Gasteiger partial charge in [0, 0.05) is 28.1 Å². The lowest BCUT2D eigenvalue weighted by atomic mass is 10.0. The third-order valence-electron chi connectivity index (χ3n) is 5.09. The molecule has 0 spiro atoms. The van der Waals surface area contributed by atoms with E-state index in [0.29, 0.717) is 27.5 Å². The molecule has 0 radical (unpaired) electrons. The second kappa shape index (κ2) is 5.94. The van der Waals surface area contributed by atoms with Crippen molar-refractivity contribution in [3.05, 3.63) is 65.5 Å². The first-order valence-corrected chi connectivity index (χ1v) is 8.72. The molecule has 146 valence electrons. The minimum absolute atomic E-state index is 0.146. The normalized spacial score (nSPS) is 16.2. The molecular weight excluding hydrogens is 385 g/mol. The molecule has 0 bridgehead atoms. The van der Waals surface area contributed by atoms with Crippen LogP contribution in [-0.4, -0.2) is 27.3 Å². The summed E-state index contributed by atoms with van der Waals surface area (Å²) in [5.41, 5.74) is 6.94. The average molecular weight is 398 g/mol. The highest BCUT2D eigenvalue weighted by Crippen LogP contribution is 2.41. The molecule has 9 heteroatoms. The highest BCUT2D eigenvalue weighted by Gasteiger charge is 2.35. The number of amides is 1. The maximum absolute atomic E-state index is 13.0. The molecule has 1 amide bonds. The molecule has 0 fully saturated rings. The van der Waals surface area contributed by atoms with Crippen LogP contribution in [0.1, 0.15) is 27.5 Å². The molecule has 0 aliphatic carbocycles. The van der Waals surface area contributed by atoms with Gasteiger partial charge in [0.1, 0.15) is 18.4 Å². The van der Waals surface area contributed by atoms with Crippen LogP contribution in [0.25, 0.3) is 21.8 Å². The van der Waals surface area contributed by atoms with Crippen LogP contribution in [0.3, 0.4) is 0 Å². The number of hydrogen-bond donors (Lipinski definition) is 1. The van der Waals surface area contributed by atoms with Crippen molar-refractivity contribution in [2.45, 2.75) is 12.2 Å². The van der Waals surface area contributed by atoms with E-state index in [1.807, 2.05) is 0 Å². The van der Waals surface area contributed by atoms with E-state index in [9.17, 15) is 18.0 Å². The SMILES string of the molecule is NC(=O)c1ccc2ncc3cnn(C4COc5cc(C(F)(F)F)ccc54)c3c2c1. The van der Waals surface area contributed by atoms with Gasteiger partial charge in [0.25, 0.3) is 0 Å². The van der Waals surface area contributed by atoms with Crippen molar-refractivity contribution in [3.63, 3.8) is 0 Å². The molecule has 3 heterocycles. The van der Waals surface area contributed by atoms with E-state index in [2.05, 4.69) is 10.1 Å². The number of rotatable bonds is 2. The van der Waals surface area contributed by atoms with Gasteiger partial charge in [-0.15, -0.1) is 0 Å². The quantitative estimate of drug-likeness (QED) is 0.558. The Morgan fingerprint density at radius 1 is 1.17 bits per heavy atom. The molecule has 1 aliphatic heterocycles. The summed E-state index contributed by atoms with van der Waals surface area (Å²) in [7, 11) is 0. The summed E-state index contributed by atoms with van der Waals surface area (Å²) in [6.45, 7) is 0.146. The van der Waals surface area contributed by atoms with Gasteiger partial charge in [-0.1, -0.05) is 6.07 Å². The summed E-state index contributed by atoms with van der Waals surface area (Å²) in [6.07, 6.45) is -1.16. The number of fused-ring (bicyclic) bond motifs is 4. The number of carbonyl (C=O) groups excluding carboxylic acids is 1. The third kappa shape index (κ3) is 2.69. The molecule has 2 N–H and O–H groups in total. The van der Waals surface area contributed by atoms with Crippen LogP contribution in [0.4, 0.5) is 13.2 Å². The first-order valence-electron chi connectivity index (χ1n) is 8.72. The van der Waals surface area contributed by atoms with Crippen molar-refractivity contribution in [1.82, 2.24) is 14.8 Å². The zero-order valence-electron chi connectivity index (χ0n) is 14.8. The number of ether oxygens (including phenoxy) is 1. The number of nitrogens with two attached hydrogens (primary N) is 1. The van der Waals surface area contributed by atoms with Crippen molar-refractivity contribution in [2.75, 3.05) is 6.61 Å². The number of nitrogens with zero attached hydrogens (tertiary/aromatic N) is 3. The van der Waals surface area contributed by atoms with Crippen molar-refractivity contribution in [3.8, 4) is 5.75 Å². The molecule has 2 aromatic carbocycles. The summed E-state index contributed by atoms with van der Waals surface area (Å²) in [4.78, 5) is 16.0. The molecule has 0 saturated heterocycles. The minimum atomic E-state index is -4.44. The number of benzene rings is 2. The molecule has 4 aromatic rings. The Labute approximate surface area is 161 Å². The first kappa shape index (κ1) is 17.5. The Bertz CT molecular complexity index is 1300. The van der Waals surface area contributed by atoms with E-state index in [1.165, 1.54) is 6.07 Å². The molecule has 2 aromatic heterocycles. The summed E-state index contributed by atoms with van der Waals surface area (Å²) in [6, 6.07) is 7.99. The van der Waals surface area contributed by atoms with Crippen LogP contribution in [0.15, 0.2) is 48.8 Å². The van der Waals surface area contributed by atoms with Crippen molar-refractivity contribution >= 4 is 27.7 Å². The average Bonchev–Trinajstić information content (AvgIpc) is 3.30. The number of carbonyl (C=O) groups is 1. The van der Waals surface area contributed by atoms with Gasteiger partial charge in [0.05, 0.1) is 22.8 Å². The topological polar surface area (TPSA) is 83.0 Å². The van der Waals surface area contributed by atoms with Gasteiger partial charge < -0.3 is 10.5 Å². The van der Waals surface area contributed by atoms with Crippen LogP contribution < -0.4 is 10.5 Å². The monoisotopic (exact) mass is 398 g/mol. The van der Waals surface area contributed by atoms with Gasteiger partial charge in [-0.25, -0.2) is 0 Å². The molecule has 5 rings (SSSR count). The minimum Gasteiger partial charge on any atom is -0.491 e. The Kier molecular flexibility index (Phi) is 3.58. The zero-order chi connectivity index (χ0) is 20.3. The van der Waals surface area contributed by atoms with Crippen LogP contribution >= 0.6 is 0 Å². The maximum atomic E-state index is 13.0. The second-order valence-corrected chi connectivity index (χ2v) is 6.82. The van der Waals surface area contributed by atoms with Gasteiger partial charge in [0.2, 0.25) is 5.91 Å². The predicted molar refractivity (Wildman–Crippen MR) is 98.6 cm³/mol. The fourth-order valence-electron chi connectivity index (χ4n) is 3.69. The number of alkyl halides is 3. The number of primary amides is 1. The summed E-state index contributed by atoms with van der Waals surface area (Å²) < 4.78 is 46.2. The van der Waals surface area contributed by atoms with E-state index in [4.69, 9.17) is 10.5 Å². The molecule has 1 atom stereocenters. The molecule has 1 aliphatic rings. The number of halogens is 3. The molecule has 29 heavy (non-hydrogen) atoms. The largest absolute Gasteiger partial charge is 0.491 e. The Balaban J connectivity index is 1.69. The van der Waals surface area contributed by atoms with Gasteiger partial charge in [0.15, 0.2) is 0 Å². The van der Waals surface area contributed by atoms with Gasteiger partial charge in [-0.05, 0) is 30.3 Å². The number of hydrogen-bond acceptors (Lipinski definition) is 4. The van der Waals surface area contributed by atoms with Gasteiger partial charge in [-0.3, -0.25) is 14.5 Å². The van der Waals surface area contributed by atoms with E-state index in [-0.39, 0.29) is 12.4 Å². The van der Waals surface area contributed by atoms with E-state index in [1.54, 1.807) is 35.3 Å². The van der Waals surface area contributed by atoms with E-state index >= 15 is 0 Å². The highest BCUT2D eigenvalue weighted by molar-refractivity contribution is 6.06. The fraction of sp³-hybridized carbons (Fsp3) is 0.150. The summed E-state index contributed by atoms with van der Waals surface area (Å²) in [5, 5.41) is 5.84. The van der Waals surface area contributed by atoms with Gasteiger partial charge in [-0.2, -0.15) is 18.3 Å². The van der Waals surface area contributed by atoms with Crippen LogP contribution in [0, 0.1) is 0 Å². The predicted octanol–water partition coefficient (Wildman–Crippen LogP) is 3.68. The van der Waals surface area contributed by atoms with Crippen LogP contribution in [0.5, 0.6) is 5.75 Å².